The van der Waals surface area contributed by atoms with Gasteiger partial charge < -0.3 is 14.6 Å². The summed E-state index contributed by atoms with van der Waals surface area (Å²) in [6.45, 7) is 12.7. The summed E-state index contributed by atoms with van der Waals surface area (Å²) in [5, 5.41) is 14.4. The summed E-state index contributed by atoms with van der Waals surface area (Å²) in [6.07, 6.45) is -0.0576. The minimum atomic E-state index is -0.780. The van der Waals surface area contributed by atoms with Crippen LogP contribution in [-0.2, 0) is 16.0 Å². The first kappa shape index (κ1) is 36.2. The van der Waals surface area contributed by atoms with Crippen molar-refractivity contribution >= 4 is 66.7 Å². The fourth-order valence-corrected chi connectivity index (χ4v) is 7.71. The average Bonchev–Trinajstić information content (AvgIpc) is 3.14. The van der Waals surface area contributed by atoms with Crippen molar-refractivity contribution in [1.82, 2.24) is 9.80 Å². The number of carbonyl (C=O) groups is 4. The zero-order valence-electron chi connectivity index (χ0n) is 31.2. The number of nitrogens with zero attached hydrogens (tertiary/aromatic N) is 2. The van der Waals surface area contributed by atoms with Crippen LogP contribution in [0.1, 0.15) is 88.5 Å². The van der Waals surface area contributed by atoms with Crippen LogP contribution in [0.3, 0.4) is 0 Å². The Morgan fingerprint density at radius 3 is 1.43 bits per heavy atom. The molecule has 272 valence electrons. The van der Waals surface area contributed by atoms with Crippen LogP contribution >= 0.6 is 0 Å². The SMILES string of the molecule is CC(C)C(C)OC(C)(C)C(C)N1C(=O)c2ccc3c4ccc5c6c(ccc(c7ccc(c2c37)C1=O)c64)C(=O)N(Cc1ccccc1)C5=O.COCCO. The molecule has 0 spiro atoms. The molecular formula is C44H44N2O7. The fourth-order valence-electron chi connectivity index (χ4n) is 7.71. The number of amides is 4. The van der Waals surface area contributed by atoms with E-state index in [0.29, 0.717) is 39.6 Å². The Bertz CT molecular complexity index is 2310. The van der Waals surface area contributed by atoms with E-state index in [1.165, 1.54) is 9.80 Å². The van der Waals surface area contributed by atoms with Crippen LogP contribution in [-0.4, -0.2) is 76.6 Å². The molecule has 0 saturated carbocycles. The zero-order chi connectivity index (χ0) is 37.9. The smallest absolute Gasteiger partial charge is 0.261 e. The number of aliphatic hydroxyl groups is 1. The molecule has 4 amide bonds. The quantitative estimate of drug-likeness (QED) is 0.0919. The second-order valence-electron chi connectivity index (χ2n) is 14.9. The minimum Gasteiger partial charge on any atom is -0.394 e. The van der Waals surface area contributed by atoms with Gasteiger partial charge in [0.1, 0.15) is 0 Å². The molecule has 0 bridgehead atoms. The van der Waals surface area contributed by atoms with E-state index in [-0.39, 0.29) is 48.8 Å². The van der Waals surface area contributed by atoms with E-state index in [9.17, 15) is 19.2 Å². The Balaban J connectivity index is 0.000000817. The van der Waals surface area contributed by atoms with Crippen molar-refractivity contribution < 1.29 is 33.8 Å². The lowest BCUT2D eigenvalue weighted by Gasteiger charge is -2.42. The molecule has 6 aromatic carbocycles. The van der Waals surface area contributed by atoms with Gasteiger partial charge in [0, 0.05) is 40.1 Å². The molecule has 0 aromatic heterocycles. The molecule has 9 nitrogen and oxygen atoms in total. The van der Waals surface area contributed by atoms with Gasteiger partial charge in [-0.25, -0.2) is 0 Å². The van der Waals surface area contributed by atoms with E-state index in [1.807, 2.05) is 94.4 Å². The normalized spacial score (nSPS) is 15.6. The van der Waals surface area contributed by atoms with E-state index in [0.717, 1.165) is 37.9 Å². The molecule has 8 rings (SSSR count). The number of rotatable bonds is 9. The molecule has 2 unspecified atom stereocenters. The van der Waals surface area contributed by atoms with Gasteiger partial charge in [-0.3, -0.25) is 29.0 Å². The number of fused-ring (bicyclic) bond motifs is 2. The molecule has 53 heavy (non-hydrogen) atoms. The molecule has 0 radical (unpaired) electrons. The van der Waals surface area contributed by atoms with Gasteiger partial charge in [0.25, 0.3) is 23.6 Å². The standard InChI is InChI=1S/C41H36N2O5.C3H8O2/c1-21(2)22(3)48-41(5,6)23(4)43-39(46)31-18-14-27-25-12-16-29-35-30(38(45)42(37(29)44)20-24-10-8-7-9-11-24)17-13-26(33(25)35)28-15-19-32(40(43)47)36(31)34(27)28;1-5-3-2-4/h7-19,21-23H,20H2,1-6H3;4H,2-3H2,1H3. The summed E-state index contributed by atoms with van der Waals surface area (Å²) in [5.41, 5.74) is 2.02. The maximum Gasteiger partial charge on any atom is 0.261 e. The minimum absolute atomic E-state index is 0.0576. The summed E-state index contributed by atoms with van der Waals surface area (Å²) in [5.74, 6) is -1.06. The molecule has 2 heterocycles. The van der Waals surface area contributed by atoms with Gasteiger partial charge >= 0.3 is 0 Å². The largest absolute Gasteiger partial charge is 0.394 e. The molecule has 9 heteroatoms. The van der Waals surface area contributed by atoms with Gasteiger partial charge in [-0.15, -0.1) is 0 Å². The number of hydrogen-bond donors (Lipinski definition) is 1. The number of aliphatic hydroxyl groups excluding tert-OH is 1. The molecule has 6 aromatic rings. The van der Waals surface area contributed by atoms with E-state index in [4.69, 9.17) is 9.84 Å². The Morgan fingerprint density at radius 2 is 1.06 bits per heavy atom. The first-order valence-corrected chi connectivity index (χ1v) is 18.1. The van der Waals surface area contributed by atoms with Crippen molar-refractivity contribution in [3.8, 4) is 0 Å². The van der Waals surface area contributed by atoms with Gasteiger partial charge in [-0.2, -0.15) is 0 Å². The molecule has 2 aliphatic heterocycles. The van der Waals surface area contributed by atoms with Crippen molar-refractivity contribution in [3.63, 3.8) is 0 Å². The highest BCUT2D eigenvalue weighted by molar-refractivity contribution is 6.41. The molecule has 2 atom stereocenters. The van der Waals surface area contributed by atoms with Gasteiger partial charge in [0.05, 0.1) is 37.5 Å². The van der Waals surface area contributed by atoms with E-state index in [2.05, 4.69) is 18.6 Å². The van der Waals surface area contributed by atoms with E-state index < -0.39 is 11.6 Å². The monoisotopic (exact) mass is 712 g/mol. The fraction of sp³-hybridized carbons (Fsp3) is 0.318. The number of carbonyl (C=O) groups excluding carboxylic acids is 4. The van der Waals surface area contributed by atoms with Crippen LogP contribution in [0, 0.1) is 5.92 Å². The Labute approximate surface area is 308 Å². The first-order chi connectivity index (χ1) is 25.3. The lowest BCUT2D eigenvalue weighted by atomic mass is 9.81. The third-order valence-corrected chi connectivity index (χ3v) is 11.1. The number of ether oxygens (including phenoxy) is 2. The number of hydrogen-bond acceptors (Lipinski definition) is 7. The van der Waals surface area contributed by atoms with Gasteiger partial charge in [0.2, 0.25) is 0 Å². The second-order valence-corrected chi connectivity index (χ2v) is 14.9. The van der Waals surface area contributed by atoms with Crippen molar-refractivity contribution in [1.29, 1.82) is 0 Å². The van der Waals surface area contributed by atoms with Crippen LogP contribution in [0.25, 0.3) is 43.1 Å². The lowest BCUT2D eigenvalue weighted by Crippen LogP contribution is -2.56. The Morgan fingerprint density at radius 1 is 0.623 bits per heavy atom. The summed E-state index contributed by atoms with van der Waals surface area (Å²) in [4.78, 5) is 58.8. The van der Waals surface area contributed by atoms with Crippen molar-refractivity contribution in [2.24, 2.45) is 5.92 Å². The Kier molecular flexibility index (Phi) is 9.30. The molecule has 1 N–H and O–H groups in total. The maximum atomic E-state index is 14.2. The summed E-state index contributed by atoms with van der Waals surface area (Å²) < 4.78 is 10.8. The topological polar surface area (TPSA) is 113 Å². The molecule has 0 saturated heterocycles. The van der Waals surface area contributed by atoms with E-state index >= 15 is 0 Å². The summed E-state index contributed by atoms with van der Waals surface area (Å²) in [7, 11) is 1.55. The maximum absolute atomic E-state index is 14.2. The van der Waals surface area contributed by atoms with Gasteiger partial charge in [-0.05, 0) is 95.8 Å². The Hall–Kier alpha value is -5.22. The molecule has 2 aliphatic rings. The lowest BCUT2D eigenvalue weighted by molar-refractivity contribution is -0.110. The van der Waals surface area contributed by atoms with E-state index in [1.54, 1.807) is 19.2 Å². The zero-order valence-corrected chi connectivity index (χ0v) is 31.2. The van der Waals surface area contributed by atoms with Crippen LogP contribution < -0.4 is 0 Å². The summed E-state index contributed by atoms with van der Waals surface area (Å²) >= 11 is 0. The van der Waals surface area contributed by atoms with Crippen LogP contribution in [0.15, 0.2) is 78.9 Å². The second kappa shape index (κ2) is 13.6. The first-order valence-electron chi connectivity index (χ1n) is 18.1. The number of methoxy groups -OCH3 is 1. The average molecular weight is 713 g/mol. The molecular weight excluding hydrogens is 668 g/mol. The van der Waals surface area contributed by atoms with Crippen molar-refractivity contribution in [2.45, 2.75) is 65.8 Å². The third-order valence-electron chi connectivity index (χ3n) is 11.1. The van der Waals surface area contributed by atoms with Crippen LogP contribution in [0.4, 0.5) is 0 Å². The predicted octanol–water partition coefficient (Wildman–Crippen LogP) is 7.98. The van der Waals surface area contributed by atoms with Crippen molar-refractivity contribution in [3.05, 3.63) is 107 Å². The predicted molar refractivity (Wildman–Crippen MR) is 207 cm³/mol. The highest BCUT2D eigenvalue weighted by atomic mass is 16.5. The third kappa shape index (κ3) is 5.75. The van der Waals surface area contributed by atoms with Crippen LogP contribution in [0.5, 0.6) is 0 Å². The highest BCUT2D eigenvalue weighted by Crippen LogP contribution is 2.46. The number of imide groups is 2. The van der Waals surface area contributed by atoms with Gasteiger partial charge in [-0.1, -0.05) is 68.4 Å². The summed E-state index contributed by atoms with van der Waals surface area (Å²) in [6, 6.07) is 23.9. The molecule has 0 aliphatic carbocycles. The van der Waals surface area contributed by atoms with Crippen molar-refractivity contribution in [2.75, 3.05) is 20.3 Å². The van der Waals surface area contributed by atoms with Crippen LogP contribution in [0.2, 0.25) is 0 Å². The van der Waals surface area contributed by atoms with Gasteiger partial charge in [0.15, 0.2) is 0 Å². The highest BCUT2D eigenvalue weighted by Gasteiger charge is 2.44. The number of benzene rings is 6. The molecule has 0 fully saturated rings.